The monoisotopic (exact) mass is 433 g/mol. The second-order valence-corrected chi connectivity index (χ2v) is 10.0. The number of aryl methyl sites for hydroxylation is 1. The Bertz CT molecular complexity index is 1280. The Balaban J connectivity index is 1.73. The van der Waals surface area contributed by atoms with E-state index in [4.69, 9.17) is 0 Å². The van der Waals surface area contributed by atoms with Crippen molar-refractivity contribution in [3.8, 4) is 5.69 Å². The quantitative estimate of drug-likeness (QED) is 0.461. The first kappa shape index (κ1) is 21.3. The van der Waals surface area contributed by atoms with Crippen LogP contribution in [0.3, 0.4) is 0 Å². The molecule has 0 aliphatic heterocycles. The molecule has 0 bridgehead atoms. The molecule has 1 aromatic heterocycles. The molecule has 0 saturated heterocycles. The zero-order valence-corrected chi connectivity index (χ0v) is 18.8. The topological polar surface area (TPSA) is 64.0 Å². The summed E-state index contributed by atoms with van der Waals surface area (Å²) in [5, 5.41) is 5.66. The standard InChI is InChI=1S/C25H27N3O2S/c1-18-9-12-23(13-10-18)28-24-14-11-21(15-22(24)17-26-28)25(20-7-5-4-6-8-20)19(2)16-27-31(3,29)30/h4-15,17,19,25,27H,16H2,1-3H3. The third kappa shape index (κ3) is 4.86. The minimum absolute atomic E-state index is 0.0579. The lowest BCUT2D eigenvalue weighted by atomic mass is 9.81. The first-order valence-corrected chi connectivity index (χ1v) is 12.3. The highest BCUT2D eigenvalue weighted by molar-refractivity contribution is 7.88. The third-order valence-electron chi connectivity index (χ3n) is 5.62. The average Bonchev–Trinajstić information content (AvgIpc) is 3.17. The van der Waals surface area contributed by atoms with Crippen LogP contribution in [0, 0.1) is 12.8 Å². The smallest absolute Gasteiger partial charge is 0.208 e. The minimum Gasteiger partial charge on any atom is -0.233 e. The van der Waals surface area contributed by atoms with Gasteiger partial charge in [-0.2, -0.15) is 5.10 Å². The molecule has 0 fully saturated rings. The highest BCUT2D eigenvalue weighted by Gasteiger charge is 2.23. The summed E-state index contributed by atoms with van der Waals surface area (Å²) in [6.07, 6.45) is 3.09. The number of sulfonamides is 1. The Labute approximate surface area is 183 Å². The Morgan fingerprint density at radius 3 is 2.35 bits per heavy atom. The van der Waals surface area contributed by atoms with Crippen molar-refractivity contribution in [3.63, 3.8) is 0 Å². The van der Waals surface area contributed by atoms with Gasteiger partial charge in [0.1, 0.15) is 0 Å². The first-order valence-electron chi connectivity index (χ1n) is 10.4. The highest BCUT2D eigenvalue weighted by atomic mass is 32.2. The summed E-state index contributed by atoms with van der Waals surface area (Å²) in [6, 6.07) is 24.9. The van der Waals surface area contributed by atoms with Crippen LogP contribution in [0.2, 0.25) is 0 Å². The van der Waals surface area contributed by atoms with Gasteiger partial charge >= 0.3 is 0 Å². The van der Waals surface area contributed by atoms with Crippen molar-refractivity contribution >= 4 is 20.9 Å². The van der Waals surface area contributed by atoms with Gasteiger partial charge in [-0.25, -0.2) is 17.8 Å². The van der Waals surface area contributed by atoms with E-state index < -0.39 is 10.0 Å². The number of rotatable bonds is 7. The van der Waals surface area contributed by atoms with Crippen LogP contribution in [0.5, 0.6) is 0 Å². The highest BCUT2D eigenvalue weighted by Crippen LogP contribution is 2.34. The van der Waals surface area contributed by atoms with E-state index in [-0.39, 0.29) is 11.8 Å². The van der Waals surface area contributed by atoms with Gasteiger partial charge in [-0.1, -0.05) is 61.0 Å². The molecule has 160 valence electrons. The number of nitrogens with zero attached hydrogens (tertiary/aromatic N) is 2. The molecule has 4 rings (SSSR count). The predicted molar refractivity (Wildman–Crippen MR) is 126 cm³/mol. The number of benzene rings is 3. The summed E-state index contributed by atoms with van der Waals surface area (Å²) in [5.74, 6) is 0.129. The van der Waals surface area contributed by atoms with Crippen LogP contribution in [0.1, 0.15) is 29.5 Å². The molecule has 2 atom stereocenters. The van der Waals surface area contributed by atoms with Crippen molar-refractivity contribution in [1.29, 1.82) is 0 Å². The molecule has 0 aliphatic rings. The van der Waals surface area contributed by atoms with E-state index in [1.54, 1.807) is 0 Å². The molecular weight excluding hydrogens is 406 g/mol. The van der Waals surface area contributed by atoms with Crippen LogP contribution in [0.15, 0.2) is 79.0 Å². The average molecular weight is 434 g/mol. The molecule has 1 heterocycles. The van der Waals surface area contributed by atoms with Gasteiger partial charge in [-0.05, 0) is 48.2 Å². The fourth-order valence-corrected chi connectivity index (χ4v) is 4.61. The summed E-state index contributed by atoms with van der Waals surface area (Å²) in [7, 11) is -3.25. The number of nitrogens with one attached hydrogen (secondary N) is 1. The molecule has 0 saturated carbocycles. The van der Waals surface area contributed by atoms with Crippen LogP contribution < -0.4 is 4.72 Å². The molecule has 6 heteroatoms. The maximum Gasteiger partial charge on any atom is 0.208 e. The molecule has 31 heavy (non-hydrogen) atoms. The van der Waals surface area contributed by atoms with Gasteiger partial charge in [0, 0.05) is 17.8 Å². The van der Waals surface area contributed by atoms with E-state index in [0.717, 1.165) is 27.7 Å². The van der Waals surface area contributed by atoms with Gasteiger partial charge in [0.05, 0.1) is 23.7 Å². The number of hydrogen-bond donors (Lipinski definition) is 1. The Morgan fingerprint density at radius 2 is 1.68 bits per heavy atom. The maximum absolute atomic E-state index is 11.6. The molecule has 2 unspecified atom stereocenters. The lowest BCUT2D eigenvalue weighted by Gasteiger charge is -2.25. The van der Waals surface area contributed by atoms with Crippen LogP contribution in [0.25, 0.3) is 16.6 Å². The zero-order valence-electron chi connectivity index (χ0n) is 18.0. The van der Waals surface area contributed by atoms with Crippen molar-refractivity contribution in [3.05, 3.63) is 95.7 Å². The van der Waals surface area contributed by atoms with Gasteiger partial charge in [0.2, 0.25) is 10.0 Å². The number of fused-ring (bicyclic) bond motifs is 1. The van der Waals surface area contributed by atoms with Gasteiger partial charge in [-0.15, -0.1) is 0 Å². The second-order valence-electron chi connectivity index (χ2n) is 8.20. The van der Waals surface area contributed by atoms with Gasteiger partial charge in [-0.3, -0.25) is 0 Å². The summed E-state index contributed by atoms with van der Waals surface area (Å²) < 4.78 is 27.9. The van der Waals surface area contributed by atoms with E-state index in [1.807, 2.05) is 29.1 Å². The molecule has 0 aliphatic carbocycles. The molecular formula is C25H27N3O2S. The lowest BCUT2D eigenvalue weighted by Crippen LogP contribution is -2.30. The van der Waals surface area contributed by atoms with Gasteiger partial charge in [0.15, 0.2) is 0 Å². The van der Waals surface area contributed by atoms with Crippen LogP contribution in [-0.4, -0.2) is 31.0 Å². The number of hydrogen-bond acceptors (Lipinski definition) is 3. The molecule has 3 aromatic carbocycles. The summed E-state index contributed by atoms with van der Waals surface area (Å²) in [5.41, 5.74) is 5.59. The fourth-order valence-electron chi connectivity index (χ4n) is 4.05. The molecule has 5 nitrogen and oxygen atoms in total. The van der Waals surface area contributed by atoms with Gasteiger partial charge in [0.25, 0.3) is 0 Å². The number of aromatic nitrogens is 2. The van der Waals surface area contributed by atoms with Crippen molar-refractivity contribution in [2.45, 2.75) is 19.8 Å². The molecule has 0 spiro atoms. The SMILES string of the molecule is Cc1ccc(-n2ncc3cc(C(c4ccccc4)C(C)CNS(C)(=O)=O)ccc32)cc1. The van der Waals surface area contributed by atoms with E-state index >= 15 is 0 Å². The fraction of sp³-hybridized carbons (Fsp3) is 0.240. The van der Waals surface area contributed by atoms with Crippen molar-refractivity contribution < 1.29 is 8.42 Å². The summed E-state index contributed by atoms with van der Waals surface area (Å²) in [4.78, 5) is 0. The van der Waals surface area contributed by atoms with Gasteiger partial charge < -0.3 is 0 Å². The summed E-state index contributed by atoms with van der Waals surface area (Å²) >= 11 is 0. The third-order valence-corrected chi connectivity index (χ3v) is 6.32. The minimum atomic E-state index is -3.25. The second kappa shape index (κ2) is 8.65. The van der Waals surface area contributed by atoms with Crippen molar-refractivity contribution in [1.82, 2.24) is 14.5 Å². The maximum atomic E-state index is 11.6. The Kier molecular flexibility index (Phi) is 5.94. The lowest BCUT2D eigenvalue weighted by molar-refractivity contribution is 0.496. The van der Waals surface area contributed by atoms with E-state index in [2.05, 4.69) is 78.3 Å². The molecule has 0 amide bonds. The summed E-state index contributed by atoms with van der Waals surface area (Å²) in [6.45, 7) is 4.52. The molecule has 1 N–H and O–H groups in total. The van der Waals surface area contributed by atoms with Crippen LogP contribution >= 0.6 is 0 Å². The van der Waals surface area contributed by atoms with Crippen molar-refractivity contribution in [2.24, 2.45) is 5.92 Å². The largest absolute Gasteiger partial charge is 0.233 e. The Morgan fingerprint density at radius 1 is 0.968 bits per heavy atom. The van der Waals surface area contributed by atoms with E-state index in [0.29, 0.717) is 6.54 Å². The normalized spacial score (nSPS) is 13.9. The molecule has 0 radical (unpaired) electrons. The Hall–Kier alpha value is -2.96. The van der Waals surface area contributed by atoms with E-state index in [1.165, 1.54) is 11.8 Å². The van der Waals surface area contributed by atoms with Crippen molar-refractivity contribution in [2.75, 3.05) is 12.8 Å². The first-order chi connectivity index (χ1) is 14.8. The van der Waals surface area contributed by atoms with E-state index in [9.17, 15) is 8.42 Å². The molecule has 4 aromatic rings. The van der Waals surface area contributed by atoms with Crippen LogP contribution in [-0.2, 0) is 10.0 Å². The predicted octanol–water partition coefficient (Wildman–Crippen LogP) is 4.65. The zero-order chi connectivity index (χ0) is 22.0. The van der Waals surface area contributed by atoms with Crippen LogP contribution in [0.4, 0.5) is 0 Å².